The number of hydrogen-bond acceptors (Lipinski definition) is 3. The summed E-state index contributed by atoms with van der Waals surface area (Å²) in [5.74, 6) is -0.290. The number of hydrogen-bond donors (Lipinski definition) is 1. The Hall–Kier alpha value is -1.10. The molecule has 1 N–H and O–H groups in total. The lowest BCUT2D eigenvalue weighted by molar-refractivity contribution is -0.155. The van der Waals surface area contributed by atoms with Crippen LogP contribution < -0.4 is 0 Å². The van der Waals surface area contributed by atoms with Crippen molar-refractivity contribution in [1.29, 1.82) is 0 Å². The SMILES string of the molecule is CC(C)CCCCCCCN1CCN(C(=O)C(C)C)[C@@H](C(=O)O)C1. The van der Waals surface area contributed by atoms with E-state index in [2.05, 4.69) is 18.7 Å². The molecule has 1 aliphatic rings. The molecule has 1 aliphatic heterocycles. The van der Waals surface area contributed by atoms with Crippen molar-refractivity contribution in [2.24, 2.45) is 11.8 Å². The maximum atomic E-state index is 12.2. The van der Waals surface area contributed by atoms with Crippen LogP contribution in [0, 0.1) is 11.8 Å². The highest BCUT2D eigenvalue weighted by Crippen LogP contribution is 2.16. The van der Waals surface area contributed by atoms with E-state index in [4.69, 9.17) is 0 Å². The fraction of sp³-hybridized carbons (Fsp3) is 0.895. The number of unbranched alkanes of at least 4 members (excludes halogenated alkanes) is 4. The van der Waals surface area contributed by atoms with Gasteiger partial charge in [0.1, 0.15) is 6.04 Å². The summed E-state index contributed by atoms with van der Waals surface area (Å²) in [6.07, 6.45) is 7.52. The van der Waals surface area contributed by atoms with Crippen molar-refractivity contribution in [3.63, 3.8) is 0 Å². The number of carboxylic acids is 1. The Balaban J connectivity index is 2.29. The molecule has 5 heteroatoms. The average Bonchev–Trinajstić information content (AvgIpc) is 2.52. The molecule has 1 rings (SSSR count). The second-order valence-corrected chi connectivity index (χ2v) is 7.79. The summed E-state index contributed by atoms with van der Waals surface area (Å²) in [5, 5.41) is 9.45. The molecule has 0 spiro atoms. The van der Waals surface area contributed by atoms with Crippen LogP contribution in [0.25, 0.3) is 0 Å². The number of rotatable bonds is 10. The number of piperazine rings is 1. The van der Waals surface area contributed by atoms with E-state index in [0.717, 1.165) is 25.4 Å². The summed E-state index contributed by atoms with van der Waals surface area (Å²) >= 11 is 0. The number of carboxylic acid groups (broad SMARTS) is 1. The fourth-order valence-corrected chi connectivity index (χ4v) is 3.27. The molecule has 24 heavy (non-hydrogen) atoms. The Morgan fingerprint density at radius 3 is 2.21 bits per heavy atom. The van der Waals surface area contributed by atoms with Gasteiger partial charge in [-0.3, -0.25) is 9.69 Å². The largest absolute Gasteiger partial charge is 0.480 e. The lowest BCUT2D eigenvalue weighted by Gasteiger charge is -2.40. The molecule has 1 atom stereocenters. The van der Waals surface area contributed by atoms with Crippen molar-refractivity contribution in [2.45, 2.75) is 72.3 Å². The van der Waals surface area contributed by atoms with Gasteiger partial charge >= 0.3 is 5.97 Å². The Bertz CT molecular complexity index is 396. The van der Waals surface area contributed by atoms with Crippen molar-refractivity contribution in [2.75, 3.05) is 26.2 Å². The molecule has 0 aliphatic carbocycles. The second kappa shape index (κ2) is 10.7. The zero-order valence-electron chi connectivity index (χ0n) is 16.0. The molecule has 0 aromatic rings. The van der Waals surface area contributed by atoms with Crippen molar-refractivity contribution in [3.8, 4) is 0 Å². The predicted octanol–water partition coefficient (Wildman–Crippen LogP) is 3.24. The Kier molecular flexibility index (Phi) is 9.34. The van der Waals surface area contributed by atoms with Gasteiger partial charge in [0.05, 0.1) is 0 Å². The van der Waals surface area contributed by atoms with Gasteiger partial charge in [-0.05, 0) is 18.9 Å². The standard InChI is InChI=1S/C19H36N2O3/c1-15(2)10-8-6-5-7-9-11-20-12-13-21(18(22)16(3)4)17(14-20)19(23)24/h15-17H,5-14H2,1-4H3,(H,23,24)/t17-/m1/s1. The Labute approximate surface area is 147 Å². The number of carbonyl (C=O) groups is 2. The normalized spacial score (nSPS) is 19.2. The van der Waals surface area contributed by atoms with Gasteiger partial charge < -0.3 is 10.0 Å². The van der Waals surface area contributed by atoms with Gasteiger partial charge in [-0.2, -0.15) is 0 Å². The lowest BCUT2D eigenvalue weighted by atomic mass is 10.0. The molecule has 140 valence electrons. The summed E-state index contributed by atoms with van der Waals surface area (Å²) in [4.78, 5) is 27.4. The molecular formula is C19H36N2O3. The highest BCUT2D eigenvalue weighted by atomic mass is 16.4. The van der Waals surface area contributed by atoms with Crippen LogP contribution in [0.2, 0.25) is 0 Å². The highest BCUT2D eigenvalue weighted by Gasteiger charge is 2.35. The maximum absolute atomic E-state index is 12.2. The molecule has 0 aromatic heterocycles. The topological polar surface area (TPSA) is 60.9 Å². The summed E-state index contributed by atoms with van der Waals surface area (Å²) < 4.78 is 0. The van der Waals surface area contributed by atoms with E-state index in [-0.39, 0.29) is 11.8 Å². The van der Waals surface area contributed by atoms with Gasteiger partial charge in [-0.1, -0.05) is 59.8 Å². The molecule has 0 aromatic carbocycles. The molecule has 0 saturated carbocycles. The molecule has 0 bridgehead atoms. The summed E-state index contributed by atoms with van der Waals surface area (Å²) in [5.41, 5.74) is 0. The van der Waals surface area contributed by atoms with Gasteiger partial charge in [-0.15, -0.1) is 0 Å². The third-order valence-electron chi connectivity index (χ3n) is 4.78. The zero-order chi connectivity index (χ0) is 18.1. The van der Waals surface area contributed by atoms with E-state index in [1.165, 1.54) is 32.1 Å². The molecular weight excluding hydrogens is 304 g/mol. The predicted molar refractivity (Wildman–Crippen MR) is 97.0 cm³/mol. The quantitative estimate of drug-likeness (QED) is 0.620. The third kappa shape index (κ3) is 7.20. The Morgan fingerprint density at radius 2 is 1.62 bits per heavy atom. The number of amides is 1. The number of aliphatic carboxylic acids is 1. The minimum absolute atomic E-state index is 0.0489. The first kappa shape index (κ1) is 20.9. The molecule has 1 heterocycles. The van der Waals surface area contributed by atoms with Gasteiger partial charge in [0.2, 0.25) is 5.91 Å². The maximum Gasteiger partial charge on any atom is 0.327 e. The minimum Gasteiger partial charge on any atom is -0.480 e. The first-order valence-electron chi connectivity index (χ1n) is 9.58. The van der Waals surface area contributed by atoms with E-state index >= 15 is 0 Å². The minimum atomic E-state index is -0.887. The van der Waals surface area contributed by atoms with Crippen molar-refractivity contribution < 1.29 is 14.7 Å². The van der Waals surface area contributed by atoms with Gasteiger partial charge in [-0.25, -0.2) is 4.79 Å². The van der Waals surface area contributed by atoms with Crippen LogP contribution in [0.1, 0.15) is 66.2 Å². The first-order valence-corrected chi connectivity index (χ1v) is 9.58. The van der Waals surface area contributed by atoms with Crippen LogP contribution in [0.5, 0.6) is 0 Å². The number of nitrogens with zero attached hydrogens (tertiary/aromatic N) is 2. The molecule has 0 radical (unpaired) electrons. The first-order chi connectivity index (χ1) is 11.3. The highest BCUT2D eigenvalue weighted by molar-refractivity contribution is 5.85. The molecule has 1 saturated heterocycles. The van der Waals surface area contributed by atoms with E-state index in [1.54, 1.807) is 4.90 Å². The summed E-state index contributed by atoms with van der Waals surface area (Å²) in [7, 11) is 0. The average molecular weight is 341 g/mol. The van der Waals surface area contributed by atoms with Crippen molar-refractivity contribution in [1.82, 2.24) is 9.80 Å². The third-order valence-corrected chi connectivity index (χ3v) is 4.78. The van der Waals surface area contributed by atoms with Crippen molar-refractivity contribution >= 4 is 11.9 Å². The molecule has 5 nitrogen and oxygen atoms in total. The molecule has 1 amide bonds. The number of carbonyl (C=O) groups excluding carboxylic acids is 1. The van der Waals surface area contributed by atoms with E-state index < -0.39 is 12.0 Å². The van der Waals surface area contributed by atoms with Crippen LogP contribution in [0.3, 0.4) is 0 Å². The Morgan fingerprint density at radius 1 is 1.00 bits per heavy atom. The monoisotopic (exact) mass is 340 g/mol. The molecule has 1 fully saturated rings. The van der Waals surface area contributed by atoms with Gasteiger partial charge in [0.25, 0.3) is 0 Å². The zero-order valence-corrected chi connectivity index (χ0v) is 16.0. The van der Waals surface area contributed by atoms with Crippen LogP contribution in [-0.2, 0) is 9.59 Å². The van der Waals surface area contributed by atoms with E-state index in [1.807, 2.05) is 13.8 Å². The lowest BCUT2D eigenvalue weighted by Crippen LogP contribution is -2.59. The smallest absolute Gasteiger partial charge is 0.327 e. The van der Waals surface area contributed by atoms with Crippen LogP contribution in [0.4, 0.5) is 0 Å². The summed E-state index contributed by atoms with van der Waals surface area (Å²) in [6, 6.07) is -0.695. The van der Waals surface area contributed by atoms with Crippen LogP contribution in [-0.4, -0.2) is 59.0 Å². The fourth-order valence-electron chi connectivity index (χ4n) is 3.27. The molecule has 0 unspecified atom stereocenters. The van der Waals surface area contributed by atoms with Crippen LogP contribution in [0.15, 0.2) is 0 Å². The van der Waals surface area contributed by atoms with E-state index in [9.17, 15) is 14.7 Å². The van der Waals surface area contributed by atoms with E-state index in [0.29, 0.717) is 13.1 Å². The van der Waals surface area contributed by atoms with Gasteiger partial charge in [0.15, 0.2) is 0 Å². The van der Waals surface area contributed by atoms with Crippen LogP contribution >= 0.6 is 0 Å². The van der Waals surface area contributed by atoms with Gasteiger partial charge in [0, 0.05) is 25.6 Å². The second-order valence-electron chi connectivity index (χ2n) is 7.79. The van der Waals surface area contributed by atoms with Crippen molar-refractivity contribution in [3.05, 3.63) is 0 Å². The summed E-state index contributed by atoms with van der Waals surface area (Å²) in [6.45, 7) is 10.9.